The van der Waals surface area contributed by atoms with E-state index < -0.39 is 0 Å². The number of hydrogen-bond acceptors (Lipinski definition) is 4. The van der Waals surface area contributed by atoms with Crippen molar-refractivity contribution < 1.29 is 9.59 Å². The van der Waals surface area contributed by atoms with Gasteiger partial charge in [-0.1, -0.05) is 19.1 Å². The number of anilines is 1. The zero-order chi connectivity index (χ0) is 20.1. The van der Waals surface area contributed by atoms with Crippen LogP contribution in [0, 0.1) is 13.8 Å². The van der Waals surface area contributed by atoms with Crippen LogP contribution in [0.15, 0.2) is 41.9 Å². The molecule has 7 heteroatoms. The molecule has 0 aliphatic carbocycles. The molecule has 2 amide bonds. The topological polar surface area (TPSA) is 76.0 Å². The van der Waals surface area contributed by atoms with Crippen LogP contribution < -0.4 is 10.6 Å². The SMILES string of the molecule is CCCC(=O)Nc1ccc(CNC(=O)c2cc(C)n(-c3nccs3)c2C)cc1. The van der Waals surface area contributed by atoms with Crippen LogP contribution in [0.1, 0.15) is 47.1 Å². The molecule has 2 aromatic heterocycles. The number of thiazole rings is 1. The van der Waals surface area contributed by atoms with Gasteiger partial charge >= 0.3 is 0 Å². The number of amides is 2. The van der Waals surface area contributed by atoms with E-state index in [2.05, 4.69) is 15.6 Å². The van der Waals surface area contributed by atoms with E-state index in [4.69, 9.17) is 0 Å². The number of carbonyl (C=O) groups excluding carboxylic acids is 2. The van der Waals surface area contributed by atoms with Crippen LogP contribution in [0.5, 0.6) is 0 Å². The Kier molecular flexibility index (Phi) is 6.26. The zero-order valence-electron chi connectivity index (χ0n) is 16.3. The van der Waals surface area contributed by atoms with Crippen molar-refractivity contribution in [3.8, 4) is 5.13 Å². The highest BCUT2D eigenvalue weighted by molar-refractivity contribution is 7.12. The molecule has 0 bridgehead atoms. The Morgan fingerprint density at radius 3 is 2.57 bits per heavy atom. The molecule has 0 saturated heterocycles. The van der Waals surface area contributed by atoms with Gasteiger partial charge in [0, 0.05) is 41.6 Å². The molecule has 6 nitrogen and oxygen atoms in total. The summed E-state index contributed by atoms with van der Waals surface area (Å²) < 4.78 is 1.99. The lowest BCUT2D eigenvalue weighted by molar-refractivity contribution is -0.116. The molecule has 0 aliphatic rings. The predicted octanol–water partition coefficient (Wildman–Crippen LogP) is 4.22. The molecule has 2 heterocycles. The molecule has 0 radical (unpaired) electrons. The van der Waals surface area contributed by atoms with Crippen molar-refractivity contribution in [3.63, 3.8) is 0 Å². The zero-order valence-corrected chi connectivity index (χ0v) is 17.1. The first-order chi connectivity index (χ1) is 13.5. The van der Waals surface area contributed by atoms with Gasteiger partial charge in [-0.2, -0.15) is 0 Å². The number of rotatable bonds is 7. The van der Waals surface area contributed by atoms with Gasteiger partial charge in [-0.15, -0.1) is 11.3 Å². The Hall–Kier alpha value is -2.93. The largest absolute Gasteiger partial charge is 0.348 e. The summed E-state index contributed by atoms with van der Waals surface area (Å²) in [5.74, 6) is -0.102. The van der Waals surface area contributed by atoms with Crippen LogP contribution in [-0.4, -0.2) is 21.4 Å². The molecule has 1 aromatic carbocycles. The fourth-order valence-electron chi connectivity index (χ4n) is 3.05. The Morgan fingerprint density at radius 1 is 1.18 bits per heavy atom. The minimum absolute atomic E-state index is 0.0131. The van der Waals surface area contributed by atoms with Gasteiger partial charge in [0.25, 0.3) is 5.91 Å². The maximum Gasteiger partial charge on any atom is 0.253 e. The van der Waals surface area contributed by atoms with Gasteiger partial charge in [0.05, 0.1) is 5.56 Å². The van der Waals surface area contributed by atoms with Crippen molar-refractivity contribution in [2.45, 2.75) is 40.2 Å². The molecule has 146 valence electrons. The lowest BCUT2D eigenvalue weighted by atomic mass is 10.2. The maximum absolute atomic E-state index is 12.7. The first-order valence-corrected chi connectivity index (χ1v) is 10.1. The summed E-state index contributed by atoms with van der Waals surface area (Å²) >= 11 is 1.54. The summed E-state index contributed by atoms with van der Waals surface area (Å²) in [5, 5.41) is 8.60. The Balaban J connectivity index is 1.63. The number of aryl methyl sites for hydroxylation is 1. The summed E-state index contributed by atoms with van der Waals surface area (Å²) in [7, 11) is 0. The minimum atomic E-state index is -0.115. The maximum atomic E-state index is 12.7. The average Bonchev–Trinajstić information content (AvgIpc) is 3.29. The van der Waals surface area contributed by atoms with E-state index in [0.29, 0.717) is 18.5 Å². The van der Waals surface area contributed by atoms with E-state index in [9.17, 15) is 9.59 Å². The molecule has 28 heavy (non-hydrogen) atoms. The Bertz CT molecular complexity index is 959. The van der Waals surface area contributed by atoms with Crippen LogP contribution in [0.3, 0.4) is 0 Å². The second kappa shape index (κ2) is 8.84. The number of nitrogens with zero attached hydrogens (tertiary/aromatic N) is 2. The molecular weight excluding hydrogens is 372 g/mol. The van der Waals surface area contributed by atoms with Gasteiger partial charge in [0.1, 0.15) is 0 Å². The summed E-state index contributed by atoms with van der Waals surface area (Å²) in [5.41, 5.74) is 4.23. The molecule has 0 fully saturated rings. The first kappa shape index (κ1) is 19.8. The highest BCUT2D eigenvalue weighted by Gasteiger charge is 2.17. The summed E-state index contributed by atoms with van der Waals surface area (Å²) in [6.45, 7) is 6.29. The first-order valence-electron chi connectivity index (χ1n) is 9.25. The number of aromatic nitrogens is 2. The summed E-state index contributed by atoms with van der Waals surface area (Å²) in [6.07, 6.45) is 3.09. The van der Waals surface area contributed by atoms with Gasteiger partial charge in [0.2, 0.25) is 5.91 Å². The van der Waals surface area contributed by atoms with E-state index in [-0.39, 0.29) is 11.8 Å². The molecule has 2 N–H and O–H groups in total. The predicted molar refractivity (Wildman–Crippen MR) is 112 cm³/mol. The molecule has 3 rings (SSSR count). The quantitative estimate of drug-likeness (QED) is 0.628. The van der Waals surface area contributed by atoms with Crippen molar-refractivity contribution in [2.75, 3.05) is 5.32 Å². The van der Waals surface area contributed by atoms with Gasteiger partial charge in [-0.05, 0) is 44.0 Å². The van der Waals surface area contributed by atoms with Crippen LogP contribution in [0.25, 0.3) is 5.13 Å². The molecule has 3 aromatic rings. The van der Waals surface area contributed by atoms with Crippen LogP contribution in [0.4, 0.5) is 5.69 Å². The Labute approximate surface area is 168 Å². The lowest BCUT2D eigenvalue weighted by Crippen LogP contribution is -2.23. The van der Waals surface area contributed by atoms with Crippen molar-refractivity contribution in [1.29, 1.82) is 0 Å². The normalized spacial score (nSPS) is 10.7. The van der Waals surface area contributed by atoms with Crippen LogP contribution in [-0.2, 0) is 11.3 Å². The molecule has 0 spiro atoms. The number of benzene rings is 1. The molecule has 0 atom stereocenters. The lowest BCUT2D eigenvalue weighted by Gasteiger charge is -2.08. The fourth-order valence-corrected chi connectivity index (χ4v) is 3.80. The van der Waals surface area contributed by atoms with Crippen molar-refractivity contribution in [2.24, 2.45) is 0 Å². The van der Waals surface area contributed by atoms with E-state index in [1.807, 2.05) is 61.1 Å². The van der Waals surface area contributed by atoms with E-state index in [0.717, 1.165) is 34.2 Å². The summed E-state index contributed by atoms with van der Waals surface area (Å²) in [6, 6.07) is 9.40. The van der Waals surface area contributed by atoms with E-state index in [1.165, 1.54) is 11.3 Å². The second-order valence-electron chi connectivity index (χ2n) is 6.61. The van der Waals surface area contributed by atoms with Gasteiger partial charge in [-0.25, -0.2) is 4.98 Å². The number of nitrogens with one attached hydrogen (secondary N) is 2. The van der Waals surface area contributed by atoms with Crippen molar-refractivity contribution >= 4 is 28.8 Å². The minimum Gasteiger partial charge on any atom is -0.348 e. The molecule has 0 aliphatic heterocycles. The smallest absolute Gasteiger partial charge is 0.253 e. The van der Waals surface area contributed by atoms with Crippen LogP contribution >= 0.6 is 11.3 Å². The summed E-state index contributed by atoms with van der Waals surface area (Å²) in [4.78, 5) is 28.6. The fraction of sp³-hybridized carbons (Fsp3) is 0.286. The third-order valence-electron chi connectivity index (χ3n) is 4.45. The average molecular weight is 397 g/mol. The third-order valence-corrected chi connectivity index (χ3v) is 5.21. The van der Waals surface area contributed by atoms with Gasteiger partial charge in [0.15, 0.2) is 5.13 Å². The number of hydrogen-bond donors (Lipinski definition) is 2. The van der Waals surface area contributed by atoms with Gasteiger partial charge in [-0.3, -0.25) is 14.2 Å². The van der Waals surface area contributed by atoms with Crippen molar-refractivity contribution in [1.82, 2.24) is 14.9 Å². The second-order valence-corrected chi connectivity index (χ2v) is 7.49. The number of carbonyl (C=O) groups is 2. The molecule has 0 saturated carbocycles. The van der Waals surface area contributed by atoms with E-state index >= 15 is 0 Å². The molecular formula is C21H24N4O2S. The Morgan fingerprint density at radius 2 is 1.93 bits per heavy atom. The van der Waals surface area contributed by atoms with Crippen LogP contribution in [0.2, 0.25) is 0 Å². The molecule has 0 unspecified atom stereocenters. The van der Waals surface area contributed by atoms with Gasteiger partial charge < -0.3 is 10.6 Å². The van der Waals surface area contributed by atoms with Crippen molar-refractivity contribution in [3.05, 3.63) is 64.4 Å². The van der Waals surface area contributed by atoms with E-state index in [1.54, 1.807) is 6.20 Å². The highest BCUT2D eigenvalue weighted by atomic mass is 32.1. The highest BCUT2D eigenvalue weighted by Crippen LogP contribution is 2.22. The standard InChI is InChI=1S/C21H24N4O2S/c1-4-5-19(26)24-17-8-6-16(7-9-17)13-23-20(27)18-12-14(2)25(15(18)3)21-22-10-11-28-21/h6-12H,4-5,13H2,1-3H3,(H,23,27)(H,24,26). The monoisotopic (exact) mass is 396 g/mol. The third kappa shape index (κ3) is 4.48.